The van der Waals surface area contributed by atoms with E-state index < -0.39 is 0 Å². The molecule has 0 spiro atoms. The van der Waals surface area contributed by atoms with E-state index in [1.54, 1.807) is 0 Å². The molecule has 0 aliphatic rings. The molecule has 5 heteroatoms. The van der Waals surface area contributed by atoms with Crippen LogP contribution in [0, 0.1) is 0 Å². The highest BCUT2D eigenvalue weighted by molar-refractivity contribution is 6.26. The van der Waals surface area contributed by atoms with E-state index in [1.807, 2.05) is 72.8 Å². The van der Waals surface area contributed by atoms with Gasteiger partial charge in [-0.25, -0.2) is 15.0 Å². The van der Waals surface area contributed by atoms with Crippen LogP contribution in [0.25, 0.3) is 121 Å². The lowest BCUT2D eigenvalue weighted by atomic mass is 9.90. The van der Waals surface area contributed by atoms with Gasteiger partial charge in [0.1, 0.15) is 22.3 Å². The number of nitrogens with zero attached hydrogens (tertiary/aromatic N) is 3. The molecule has 0 amide bonds. The fourth-order valence-corrected chi connectivity index (χ4v) is 8.55. The van der Waals surface area contributed by atoms with Gasteiger partial charge < -0.3 is 8.83 Å². The van der Waals surface area contributed by atoms with E-state index in [1.165, 1.54) is 32.3 Å². The number of hydrogen-bond donors (Lipinski definition) is 0. The Morgan fingerprint density at radius 1 is 0.286 bits per heavy atom. The third-order valence-electron chi connectivity index (χ3n) is 11.1. The molecule has 260 valence electrons. The highest BCUT2D eigenvalue weighted by atomic mass is 16.3. The van der Waals surface area contributed by atoms with Crippen LogP contribution >= 0.6 is 0 Å². The fourth-order valence-electron chi connectivity index (χ4n) is 8.55. The Kier molecular flexibility index (Phi) is 6.56. The molecular formula is C51H29N3O2. The Balaban J connectivity index is 1.14. The highest BCUT2D eigenvalue weighted by Crippen LogP contribution is 2.43. The molecule has 3 aromatic heterocycles. The molecule has 0 aliphatic carbocycles. The summed E-state index contributed by atoms with van der Waals surface area (Å²) in [6.45, 7) is 0. The van der Waals surface area contributed by atoms with E-state index in [9.17, 15) is 0 Å². The summed E-state index contributed by atoms with van der Waals surface area (Å²) in [5, 5.41) is 11.6. The largest absolute Gasteiger partial charge is 0.456 e. The van der Waals surface area contributed by atoms with Gasteiger partial charge in [-0.1, -0.05) is 140 Å². The maximum absolute atomic E-state index is 6.63. The third-order valence-corrected chi connectivity index (χ3v) is 11.1. The van der Waals surface area contributed by atoms with Gasteiger partial charge >= 0.3 is 0 Å². The summed E-state index contributed by atoms with van der Waals surface area (Å²) in [4.78, 5) is 15.4. The van der Waals surface area contributed by atoms with Gasteiger partial charge in [0.2, 0.25) is 0 Å². The average molecular weight is 716 g/mol. The minimum Gasteiger partial charge on any atom is -0.456 e. The van der Waals surface area contributed by atoms with Crippen molar-refractivity contribution in [3.05, 3.63) is 176 Å². The molecule has 0 atom stereocenters. The fraction of sp³-hybridized carbons (Fsp3) is 0. The number of para-hydroxylation sites is 3. The first-order chi connectivity index (χ1) is 27.7. The van der Waals surface area contributed by atoms with Gasteiger partial charge in [-0.15, -0.1) is 0 Å². The van der Waals surface area contributed by atoms with Gasteiger partial charge in [-0.2, -0.15) is 0 Å². The molecule has 0 fully saturated rings. The predicted molar refractivity (Wildman–Crippen MR) is 229 cm³/mol. The molecule has 0 saturated heterocycles. The topological polar surface area (TPSA) is 65.0 Å². The van der Waals surface area contributed by atoms with Crippen molar-refractivity contribution in [1.82, 2.24) is 15.0 Å². The maximum atomic E-state index is 6.63. The zero-order chi connectivity index (χ0) is 36.7. The van der Waals surface area contributed by atoms with Crippen molar-refractivity contribution in [2.24, 2.45) is 0 Å². The van der Waals surface area contributed by atoms with Crippen molar-refractivity contribution in [2.45, 2.75) is 0 Å². The maximum Gasteiger partial charge on any atom is 0.167 e. The van der Waals surface area contributed by atoms with Crippen molar-refractivity contribution < 1.29 is 8.83 Å². The number of fused-ring (bicyclic) bond motifs is 12. The molecule has 0 N–H and O–H groups in total. The van der Waals surface area contributed by atoms with Crippen LogP contribution in [0.15, 0.2) is 185 Å². The SMILES string of the molecule is c1ccc(-c2nc(-c3cc(-c4ccc5c6ccccc6c6ccccc6c5c4)c4c(c3)oc3ccccc34)nc(-c3cccc4c3oc3ccccc34)n2)cc1. The molecule has 12 aromatic rings. The van der Waals surface area contributed by atoms with Gasteiger partial charge in [-0.05, 0) is 79.8 Å². The Labute approximate surface area is 320 Å². The Bertz CT molecular complexity index is 3510. The number of furan rings is 2. The van der Waals surface area contributed by atoms with Crippen LogP contribution in [0.2, 0.25) is 0 Å². The first kappa shape index (κ1) is 30.8. The van der Waals surface area contributed by atoms with Crippen LogP contribution in [-0.2, 0) is 0 Å². The second kappa shape index (κ2) is 11.9. The van der Waals surface area contributed by atoms with E-state index in [2.05, 4.69) is 103 Å². The first-order valence-electron chi connectivity index (χ1n) is 18.8. The summed E-state index contributed by atoms with van der Waals surface area (Å²) in [5.41, 5.74) is 7.82. The van der Waals surface area contributed by atoms with Gasteiger partial charge in [0, 0.05) is 32.7 Å². The molecule has 0 unspecified atom stereocenters. The van der Waals surface area contributed by atoms with Crippen molar-refractivity contribution >= 4 is 76.2 Å². The van der Waals surface area contributed by atoms with Crippen LogP contribution in [0.1, 0.15) is 0 Å². The standard InChI is InChI=1S/C51H29N3O2/c1-2-13-30(14-3-1)49-52-50(54-51(53-49)41-22-12-21-39-38-19-8-10-23-44(38)56-48(39)41)32-28-42(47-40-20-9-11-24-45(40)55-46(47)29-32)31-25-26-37-35-17-5-4-15-33(35)34-16-6-7-18-36(34)43(37)27-31/h1-29H. The van der Waals surface area contributed by atoms with Gasteiger partial charge in [0.25, 0.3) is 0 Å². The van der Waals surface area contributed by atoms with Gasteiger partial charge in [0.15, 0.2) is 17.5 Å². The summed E-state index contributed by atoms with van der Waals surface area (Å²) in [5.74, 6) is 1.66. The van der Waals surface area contributed by atoms with Crippen LogP contribution in [-0.4, -0.2) is 15.0 Å². The third kappa shape index (κ3) is 4.64. The summed E-state index contributed by atoms with van der Waals surface area (Å²) in [6, 6.07) is 61.1. The lowest BCUT2D eigenvalue weighted by Crippen LogP contribution is -2.00. The van der Waals surface area contributed by atoms with E-state index in [-0.39, 0.29) is 0 Å². The lowest BCUT2D eigenvalue weighted by molar-refractivity contribution is 0.668. The summed E-state index contributed by atoms with van der Waals surface area (Å²) in [7, 11) is 0. The second-order valence-electron chi connectivity index (χ2n) is 14.3. The second-order valence-corrected chi connectivity index (χ2v) is 14.3. The molecular weight excluding hydrogens is 687 g/mol. The van der Waals surface area contributed by atoms with E-state index in [4.69, 9.17) is 23.8 Å². The van der Waals surface area contributed by atoms with Crippen molar-refractivity contribution in [2.75, 3.05) is 0 Å². The van der Waals surface area contributed by atoms with Crippen LogP contribution in [0.5, 0.6) is 0 Å². The molecule has 12 rings (SSSR count). The zero-order valence-corrected chi connectivity index (χ0v) is 29.9. The number of aromatic nitrogens is 3. The van der Waals surface area contributed by atoms with Crippen molar-refractivity contribution in [3.8, 4) is 45.3 Å². The monoisotopic (exact) mass is 715 g/mol. The smallest absolute Gasteiger partial charge is 0.167 e. The van der Waals surface area contributed by atoms with E-state index in [0.717, 1.165) is 71.7 Å². The van der Waals surface area contributed by atoms with E-state index >= 15 is 0 Å². The lowest BCUT2D eigenvalue weighted by Gasteiger charge is -2.13. The number of hydrogen-bond acceptors (Lipinski definition) is 5. The Morgan fingerprint density at radius 2 is 0.839 bits per heavy atom. The van der Waals surface area contributed by atoms with Gasteiger partial charge in [-0.3, -0.25) is 0 Å². The number of benzene rings is 9. The predicted octanol–water partition coefficient (Wildman–Crippen LogP) is 13.8. The summed E-state index contributed by atoms with van der Waals surface area (Å²) in [6.07, 6.45) is 0. The quantitative estimate of drug-likeness (QED) is 0.170. The molecule has 3 heterocycles. The molecule has 5 nitrogen and oxygen atoms in total. The van der Waals surface area contributed by atoms with E-state index in [0.29, 0.717) is 17.5 Å². The highest BCUT2D eigenvalue weighted by Gasteiger charge is 2.21. The zero-order valence-electron chi connectivity index (χ0n) is 29.9. The average Bonchev–Trinajstić information content (AvgIpc) is 3.85. The van der Waals surface area contributed by atoms with Crippen LogP contribution < -0.4 is 0 Å². The molecule has 9 aromatic carbocycles. The van der Waals surface area contributed by atoms with Crippen LogP contribution in [0.4, 0.5) is 0 Å². The summed E-state index contributed by atoms with van der Waals surface area (Å²) < 4.78 is 13.1. The Morgan fingerprint density at radius 3 is 1.57 bits per heavy atom. The van der Waals surface area contributed by atoms with Gasteiger partial charge in [0.05, 0.1) is 5.56 Å². The molecule has 0 radical (unpaired) electrons. The minimum absolute atomic E-state index is 0.536. The first-order valence-corrected chi connectivity index (χ1v) is 18.8. The summed E-state index contributed by atoms with van der Waals surface area (Å²) >= 11 is 0. The molecule has 0 bridgehead atoms. The van der Waals surface area contributed by atoms with Crippen LogP contribution in [0.3, 0.4) is 0 Å². The number of rotatable bonds is 4. The normalized spacial score (nSPS) is 11.9. The molecule has 0 saturated carbocycles. The van der Waals surface area contributed by atoms with Crippen molar-refractivity contribution in [3.63, 3.8) is 0 Å². The Hall–Kier alpha value is -7.63. The molecule has 0 aliphatic heterocycles. The van der Waals surface area contributed by atoms with Crippen molar-refractivity contribution in [1.29, 1.82) is 0 Å². The minimum atomic E-state index is 0.536. The molecule has 56 heavy (non-hydrogen) atoms.